The molecule has 0 aliphatic carbocycles. The lowest BCUT2D eigenvalue weighted by Gasteiger charge is -2.35. The summed E-state index contributed by atoms with van der Waals surface area (Å²) in [5, 5.41) is 0. The second kappa shape index (κ2) is 8.79. The first-order valence-corrected chi connectivity index (χ1v) is 10.8. The number of halogens is 2. The fraction of sp³-hybridized carbons (Fsp3) is 0.318. The Hall–Kier alpha value is -1.99. The highest BCUT2D eigenvalue weighted by Crippen LogP contribution is 2.48. The van der Waals surface area contributed by atoms with Crippen molar-refractivity contribution in [1.29, 1.82) is 0 Å². The topological polar surface area (TPSA) is 69.7 Å². The second-order valence-corrected chi connectivity index (χ2v) is 8.77. The number of carbonyl (C=O) groups is 3. The molecule has 0 saturated heterocycles. The van der Waals surface area contributed by atoms with Crippen LogP contribution in [0.3, 0.4) is 0 Å². The third-order valence-electron chi connectivity index (χ3n) is 5.21. The van der Waals surface area contributed by atoms with Crippen molar-refractivity contribution in [1.82, 2.24) is 0 Å². The number of rotatable bonds is 5. The summed E-state index contributed by atoms with van der Waals surface area (Å²) in [4.78, 5) is 38.7. The number of esters is 2. The molecule has 1 aliphatic heterocycles. The Labute approximate surface area is 186 Å². The van der Waals surface area contributed by atoms with Gasteiger partial charge in [0.05, 0.1) is 11.6 Å². The average Bonchev–Trinajstić information content (AvgIpc) is 2.69. The summed E-state index contributed by atoms with van der Waals surface area (Å²) in [6, 6.07) is 10.8. The molecule has 0 spiro atoms. The SMILES string of the molecule is CCC(C(=O)c1ccc(C)cc1)C1c2cc(Br)cc(Br)c2OC(=O)C1C(=O)OC. The van der Waals surface area contributed by atoms with Gasteiger partial charge in [-0.1, -0.05) is 52.7 Å². The number of ether oxygens (including phenoxy) is 2. The van der Waals surface area contributed by atoms with E-state index in [0.29, 0.717) is 27.8 Å². The van der Waals surface area contributed by atoms with E-state index in [1.807, 2.05) is 26.0 Å². The molecule has 1 heterocycles. The second-order valence-electron chi connectivity index (χ2n) is 7.00. The van der Waals surface area contributed by atoms with E-state index >= 15 is 0 Å². The van der Waals surface area contributed by atoms with Gasteiger partial charge in [0, 0.05) is 27.4 Å². The summed E-state index contributed by atoms with van der Waals surface area (Å²) >= 11 is 6.86. The van der Waals surface area contributed by atoms with Crippen molar-refractivity contribution >= 4 is 49.6 Å². The normalized spacial score (nSPS) is 19.1. The molecule has 2 aromatic rings. The first kappa shape index (κ1) is 21.7. The number of methoxy groups -OCH3 is 1. The Bertz CT molecular complexity index is 968. The molecule has 3 unspecified atom stereocenters. The number of Topliss-reactive ketones (excluding diaryl/α,β-unsaturated/α-hetero) is 1. The number of hydrogen-bond donors (Lipinski definition) is 0. The third kappa shape index (κ3) is 4.16. The van der Waals surface area contributed by atoms with Crippen LogP contribution in [0.1, 0.15) is 40.7 Å². The van der Waals surface area contributed by atoms with Crippen LogP contribution in [-0.2, 0) is 14.3 Å². The van der Waals surface area contributed by atoms with Gasteiger partial charge in [0.2, 0.25) is 0 Å². The van der Waals surface area contributed by atoms with E-state index in [-0.39, 0.29) is 5.78 Å². The third-order valence-corrected chi connectivity index (χ3v) is 6.26. The average molecular weight is 524 g/mol. The Balaban J connectivity index is 2.17. The fourth-order valence-electron chi connectivity index (χ4n) is 3.78. The van der Waals surface area contributed by atoms with E-state index in [2.05, 4.69) is 31.9 Å². The van der Waals surface area contributed by atoms with Crippen LogP contribution in [0.15, 0.2) is 45.3 Å². The molecule has 0 saturated carbocycles. The number of hydrogen-bond acceptors (Lipinski definition) is 5. The van der Waals surface area contributed by atoms with Crippen LogP contribution < -0.4 is 4.74 Å². The molecular weight excluding hydrogens is 504 g/mol. The van der Waals surface area contributed by atoms with Crippen molar-refractivity contribution in [2.75, 3.05) is 7.11 Å². The van der Waals surface area contributed by atoms with Crippen LogP contribution in [0.5, 0.6) is 5.75 Å². The molecule has 1 aliphatic rings. The molecule has 3 atom stereocenters. The van der Waals surface area contributed by atoms with E-state index in [9.17, 15) is 14.4 Å². The molecule has 0 N–H and O–H groups in total. The van der Waals surface area contributed by atoms with Gasteiger partial charge in [-0.25, -0.2) is 0 Å². The highest BCUT2D eigenvalue weighted by molar-refractivity contribution is 9.11. The van der Waals surface area contributed by atoms with Crippen molar-refractivity contribution in [2.24, 2.45) is 11.8 Å². The summed E-state index contributed by atoms with van der Waals surface area (Å²) in [5.74, 6) is -3.74. The largest absolute Gasteiger partial charge is 0.468 e. The van der Waals surface area contributed by atoms with Crippen LogP contribution in [0.2, 0.25) is 0 Å². The lowest BCUT2D eigenvalue weighted by Crippen LogP contribution is -2.42. The highest BCUT2D eigenvalue weighted by atomic mass is 79.9. The standard InChI is InChI=1S/C22H20Br2O5/c1-4-14(19(25)12-7-5-11(2)6-8-12)17-15-9-13(23)10-16(24)20(15)29-22(27)18(17)21(26)28-3/h5-10,14,17-18H,4H2,1-3H3. The summed E-state index contributed by atoms with van der Waals surface area (Å²) in [6.07, 6.45) is 0.446. The smallest absolute Gasteiger partial charge is 0.326 e. The van der Waals surface area contributed by atoms with Crippen LogP contribution in [0.25, 0.3) is 0 Å². The maximum absolute atomic E-state index is 13.4. The van der Waals surface area contributed by atoms with Crippen LogP contribution in [0, 0.1) is 18.8 Å². The molecule has 5 nitrogen and oxygen atoms in total. The number of aryl methyl sites for hydroxylation is 1. The van der Waals surface area contributed by atoms with E-state index in [1.165, 1.54) is 7.11 Å². The van der Waals surface area contributed by atoms with E-state index < -0.39 is 29.7 Å². The summed E-state index contributed by atoms with van der Waals surface area (Å²) in [5.41, 5.74) is 2.20. The van der Waals surface area contributed by atoms with Gasteiger partial charge in [-0.15, -0.1) is 0 Å². The quantitative estimate of drug-likeness (QED) is 0.232. The number of ketones is 1. The van der Waals surface area contributed by atoms with E-state index in [1.54, 1.807) is 24.3 Å². The highest BCUT2D eigenvalue weighted by Gasteiger charge is 2.49. The van der Waals surface area contributed by atoms with Gasteiger partial charge in [0.1, 0.15) is 5.75 Å². The monoisotopic (exact) mass is 522 g/mol. The van der Waals surface area contributed by atoms with Crippen LogP contribution in [0.4, 0.5) is 0 Å². The van der Waals surface area contributed by atoms with Crippen molar-refractivity contribution in [3.05, 3.63) is 62.0 Å². The minimum Gasteiger partial charge on any atom is -0.468 e. The van der Waals surface area contributed by atoms with Crippen molar-refractivity contribution in [2.45, 2.75) is 26.2 Å². The van der Waals surface area contributed by atoms with Gasteiger partial charge < -0.3 is 9.47 Å². The summed E-state index contributed by atoms with van der Waals surface area (Å²) < 4.78 is 11.7. The number of fused-ring (bicyclic) bond motifs is 1. The molecule has 2 aromatic carbocycles. The Kier molecular flexibility index (Phi) is 6.58. The van der Waals surface area contributed by atoms with Gasteiger partial charge in [0.25, 0.3) is 0 Å². The Morgan fingerprint density at radius 1 is 1.17 bits per heavy atom. The van der Waals surface area contributed by atoms with Crippen molar-refractivity contribution in [3.63, 3.8) is 0 Å². The molecular formula is C22H20Br2O5. The van der Waals surface area contributed by atoms with E-state index in [4.69, 9.17) is 9.47 Å². The lowest BCUT2D eigenvalue weighted by molar-refractivity contribution is -0.158. The zero-order valence-electron chi connectivity index (χ0n) is 16.2. The Morgan fingerprint density at radius 3 is 2.41 bits per heavy atom. The van der Waals surface area contributed by atoms with Gasteiger partial charge in [-0.3, -0.25) is 14.4 Å². The molecule has 3 rings (SSSR count). The predicted octanol–water partition coefficient (Wildman–Crippen LogP) is 5.22. The fourth-order valence-corrected chi connectivity index (χ4v) is 5.12. The molecule has 0 amide bonds. The lowest BCUT2D eigenvalue weighted by atomic mass is 9.71. The van der Waals surface area contributed by atoms with Crippen LogP contribution >= 0.6 is 31.9 Å². The van der Waals surface area contributed by atoms with Gasteiger partial charge in [-0.05, 0) is 41.4 Å². The van der Waals surface area contributed by atoms with Crippen LogP contribution in [-0.4, -0.2) is 24.8 Å². The molecule has 7 heteroatoms. The molecule has 29 heavy (non-hydrogen) atoms. The minimum absolute atomic E-state index is 0.122. The van der Waals surface area contributed by atoms with Crippen molar-refractivity contribution < 1.29 is 23.9 Å². The molecule has 152 valence electrons. The Morgan fingerprint density at radius 2 is 1.83 bits per heavy atom. The van der Waals surface area contributed by atoms with Gasteiger partial charge >= 0.3 is 11.9 Å². The zero-order valence-corrected chi connectivity index (χ0v) is 19.4. The number of benzene rings is 2. The molecule has 0 aromatic heterocycles. The number of carbonyl (C=O) groups excluding carboxylic acids is 3. The zero-order chi connectivity index (χ0) is 21.3. The van der Waals surface area contributed by atoms with Gasteiger partial charge in [0.15, 0.2) is 11.7 Å². The maximum Gasteiger partial charge on any atom is 0.326 e. The van der Waals surface area contributed by atoms with Crippen molar-refractivity contribution in [3.8, 4) is 5.75 Å². The maximum atomic E-state index is 13.4. The predicted molar refractivity (Wildman–Crippen MR) is 115 cm³/mol. The first-order chi connectivity index (χ1) is 13.8. The summed E-state index contributed by atoms with van der Waals surface area (Å²) in [7, 11) is 1.22. The van der Waals surface area contributed by atoms with Gasteiger partial charge in [-0.2, -0.15) is 0 Å². The minimum atomic E-state index is -1.21. The first-order valence-electron chi connectivity index (χ1n) is 9.17. The summed E-state index contributed by atoms with van der Waals surface area (Å²) in [6.45, 7) is 3.82. The molecule has 0 bridgehead atoms. The van der Waals surface area contributed by atoms with E-state index in [0.717, 1.165) is 10.0 Å². The molecule has 0 radical (unpaired) electrons. The molecule has 0 fully saturated rings.